The van der Waals surface area contributed by atoms with E-state index in [-0.39, 0.29) is 25.0 Å². The van der Waals surface area contributed by atoms with Gasteiger partial charge >= 0.3 is 6.18 Å². The Hall–Kier alpha value is -0.290. The second-order valence-electron chi connectivity index (χ2n) is 6.19. The molecule has 1 saturated heterocycles. The lowest BCUT2D eigenvalue weighted by Gasteiger charge is -2.45. The molecule has 1 saturated carbocycles. The SMILES string of the molecule is CCC1CCC(N)C(N2CCCC(C(F)(F)F)C2)C1. The van der Waals surface area contributed by atoms with Crippen LogP contribution in [0.15, 0.2) is 0 Å². The molecule has 0 spiro atoms. The average Bonchev–Trinajstić information content (AvgIpc) is 2.38. The Kier molecular flexibility index (Phi) is 4.77. The van der Waals surface area contributed by atoms with E-state index < -0.39 is 12.1 Å². The van der Waals surface area contributed by atoms with Crippen molar-refractivity contribution in [3.05, 3.63) is 0 Å². The maximum Gasteiger partial charge on any atom is 0.393 e. The second kappa shape index (κ2) is 6.00. The molecule has 1 aliphatic carbocycles. The second-order valence-corrected chi connectivity index (χ2v) is 6.19. The zero-order valence-electron chi connectivity index (χ0n) is 11.6. The molecule has 1 heterocycles. The number of alkyl halides is 3. The first-order valence-corrected chi connectivity index (χ1v) is 7.48. The molecular formula is C14H25F3N2. The molecule has 5 heteroatoms. The first-order chi connectivity index (χ1) is 8.91. The van der Waals surface area contributed by atoms with Gasteiger partial charge in [-0.3, -0.25) is 4.90 Å². The van der Waals surface area contributed by atoms with Crippen LogP contribution in [0.25, 0.3) is 0 Å². The van der Waals surface area contributed by atoms with Crippen LogP contribution < -0.4 is 5.73 Å². The summed E-state index contributed by atoms with van der Waals surface area (Å²) in [5.41, 5.74) is 6.16. The summed E-state index contributed by atoms with van der Waals surface area (Å²) in [6.07, 6.45) is 1.04. The number of hydrogen-bond donors (Lipinski definition) is 1. The third kappa shape index (κ3) is 3.63. The van der Waals surface area contributed by atoms with E-state index in [0.29, 0.717) is 12.3 Å². The Balaban J connectivity index is 1.99. The van der Waals surface area contributed by atoms with E-state index in [9.17, 15) is 13.2 Å². The smallest absolute Gasteiger partial charge is 0.326 e. The van der Waals surface area contributed by atoms with E-state index >= 15 is 0 Å². The van der Waals surface area contributed by atoms with E-state index in [1.807, 2.05) is 4.90 Å². The van der Waals surface area contributed by atoms with Gasteiger partial charge in [-0.05, 0) is 44.6 Å². The molecule has 112 valence electrons. The van der Waals surface area contributed by atoms with Crippen LogP contribution in [0.1, 0.15) is 45.4 Å². The van der Waals surface area contributed by atoms with Crippen LogP contribution in [0, 0.1) is 11.8 Å². The zero-order chi connectivity index (χ0) is 14.0. The Morgan fingerprint density at radius 3 is 2.58 bits per heavy atom. The molecule has 0 bridgehead atoms. The van der Waals surface area contributed by atoms with Crippen molar-refractivity contribution >= 4 is 0 Å². The molecule has 2 aliphatic rings. The highest BCUT2D eigenvalue weighted by Gasteiger charge is 2.44. The van der Waals surface area contributed by atoms with Gasteiger partial charge in [-0.25, -0.2) is 0 Å². The Morgan fingerprint density at radius 1 is 1.21 bits per heavy atom. The molecule has 0 amide bonds. The first kappa shape index (κ1) is 15.1. The van der Waals surface area contributed by atoms with Gasteiger partial charge in [-0.15, -0.1) is 0 Å². The van der Waals surface area contributed by atoms with E-state index in [0.717, 1.165) is 32.2 Å². The largest absolute Gasteiger partial charge is 0.393 e. The molecule has 2 N–H and O–H groups in total. The van der Waals surface area contributed by atoms with Crippen LogP contribution >= 0.6 is 0 Å². The van der Waals surface area contributed by atoms with E-state index in [1.54, 1.807) is 0 Å². The minimum Gasteiger partial charge on any atom is -0.326 e. The number of nitrogens with zero attached hydrogens (tertiary/aromatic N) is 1. The number of hydrogen-bond acceptors (Lipinski definition) is 2. The van der Waals surface area contributed by atoms with Gasteiger partial charge in [-0.1, -0.05) is 13.3 Å². The van der Waals surface area contributed by atoms with Crippen molar-refractivity contribution in [1.82, 2.24) is 4.90 Å². The first-order valence-electron chi connectivity index (χ1n) is 7.48. The quantitative estimate of drug-likeness (QED) is 0.840. The minimum atomic E-state index is -4.05. The summed E-state index contributed by atoms with van der Waals surface area (Å²) in [6.45, 7) is 3.09. The molecule has 0 radical (unpaired) electrons. The summed E-state index contributed by atoms with van der Waals surface area (Å²) in [5.74, 6) is -0.522. The van der Waals surface area contributed by atoms with Gasteiger partial charge in [0.1, 0.15) is 0 Å². The van der Waals surface area contributed by atoms with Crippen molar-refractivity contribution < 1.29 is 13.2 Å². The number of halogens is 3. The van der Waals surface area contributed by atoms with Crippen LogP contribution in [0.4, 0.5) is 13.2 Å². The monoisotopic (exact) mass is 278 g/mol. The fourth-order valence-corrected chi connectivity index (χ4v) is 3.62. The molecule has 1 aliphatic heterocycles. The van der Waals surface area contributed by atoms with Crippen molar-refractivity contribution in [3.63, 3.8) is 0 Å². The summed E-state index contributed by atoms with van der Waals surface area (Å²) < 4.78 is 38.6. The van der Waals surface area contributed by atoms with Crippen molar-refractivity contribution in [2.24, 2.45) is 17.6 Å². The number of nitrogens with two attached hydrogens (primary N) is 1. The van der Waals surface area contributed by atoms with Gasteiger partial charge in [-0.2, -0.15) is 13.2 Å². The van der Waals surface area contributed by atoms with E-state index in [1.165, 1.54) is 0 Å². The fraction of sp³-hybridized carbons (Fsp3) is 1.00. The fourth-order valence-electron chi connectivity index (χ4n) is 3.62. The molecule has 4 atom stereocenters. The third-order valence-corrected chi connectivity index (χ3v) is 4.94. The lowest BCUT2D eigenvalue weighted by Crippen LogP contribution is -2.55. The topological polar surface area (TPSA) is 29.3 Å². The zero-order valence-corrected chi connectivity index (χ0v) is 11.6. The summed E-state index contributed by atoms with van der Waals surface area (Å²) in [7, 11) is 0. The Morgan fingerprint density at radius 2 is 1.95 bits per heavy atom. The van der Waals surface area contributed by atoms with Crippen molar-refractivity contribution in [3.8, 4) is 0 Å². The highest BCUT2D eigenvalue weighted by Crippen LogP contribution is 2.36. The van der Waals surface area contributed by atoms with Crippen LogP contribution in [-0.2, 0) is 0 Å². The summed E-state index contributed by atoms with van der Waals surface area (Å²) in [5, 5.41) is 0. The van der Waals surface area contributed by atoms with E-state index in [4.69, 9.17) is 5.73 Å². The van der Waals surface area contributed by atoms with Crippen molar-refractivity contribution in [1.29, 1.82) is 0 Å². The molecule has 0 aromatic heterocycles. The molecule has 4 unspecified atom stereocenters. The van der Waals surface area contributed by atoms with Crippen LogP contribution in [0.2, 0.25) is 0 Å². The average molecular weight is 278 g/mol. The third-order valence-electron chi connectivity index (χ3n) is 4.94. The van der Waals surface area contributed by atoms with Gasteiger partial charge in [0.25, 0.3) is 0 Å². The highest BCUT2D eigenvalue weighted by atomic mass is 19.4. The molecule has 19 heavy (non-hydrogen) atoms. The number of likely N-dealkylation sites (tertiary alicyclic amines) is 1. The predicted octanol–water partition coefficient (Wildman–Crippen LogP) is 3.17. The molecule has 0 aromatic rings. The predicted molar refractivity (Wildman–Crippen MR) is 69.7 cm³/mol. The number of rotatable bonds is 2. The normalized spacial score (nSPS) is 38.4. The molecular weight excluding hydrogens is 253 g/mol. The Labute approximate surface area is 113 Å². The van der Waals surface area contributed by atoms with Gasteiger partial charge in [0.15, 0.2) is 0 Å². The lowest BCUT2D eigenvalue weighted by atomic mass is 9.79. The standard InChI is InChI=1S/C14H25F3N2/c1-2-10-5-6-12(18)13(8-10)19-7-3-4-11(9-19)14(15,16)17/h10-13H,2-9,18H2,1H3. The summed E-state index contributed by atoms with van der Waals surface area (Å²) in [4.78, 5) is 2.02. The molecule has 0 aromatic carbocycles. The van der Waals surface area contributed by atoms with Crippen molar-refractivity contribution in [2.75, 3.05) is 13.1 Å². The van der Waals surface area contributed by atoms with Gasteiger partial charge in [0, 0.05) is 18.6 Å². The van der Waals surface area contributed by atoms with E-state index in [2.05, 4.69) is 6.92 Å². The minimum absolute atomic E-state index is 0.0507. The highest BCUT2D eigenvalue weighted by molar-refractivity contribution is 4.92. The van der Waals surface area contributed by atoms with Crippen molar-refractivity contribution in [2.45, 2.75) is 63.7 Å². The van der Waals surface area contributed by atoms with Gasteiger partial charge in [0.2, 0.25) is 0 Å². The molecule has 2 fully saturated rings. The van der Waals surface area contributed by atoms with Gasteiger partial charge < -0.3 is 5.73 Å². The molecule has 2 nitrogen and oxygen atoms in total. The Bertz CT molecular complexity index is 293. The maximum atomic E-state index is 12.9. The lowest BCUT2D eigenvalue weighted by molar-refractivity contribution is -0.189. The van der Waals surface area contributed by atoms with Crippen LogP contribution in [-0.4, -0.2) is 36.2 Å². The molecule has 2 rings (SSSR count). The van der Waals surface area contributed by atoms with Crippen LogP contribution in [0.5, 0.6) is 0 Å². The summed E-state index contributed by atoms with van der Waals surface area (Å²) in [6, 6.07) is 0.207. The van der Waals surface area contributed by atoms with Gasteiger partial charge in [0.05, 0.1) is 5.92 Å². The maximum absolute atomic E-state index is 12.9. The van der Waals surface area contributed by atoms with Crippen LogP contribution in [0.3, 0.4) is 0 Å². The summed E-state index contributed by atoms with van der Waals surface area (Å²) >= 11 is 0. The number of piperidine rings is 1.